The Bertz CT molecular complexity index is 889. The van der Waals surface area contributed by atoms with Gasteiger partial charge in [0.1, 0.15) is 5.82 Å². The van der Waals surface area contributed by atoms with Crippen LogP contribution in [-0.4, -0.2) is 54.3 Å². The summed E-state index contributed by atoms with van der Waals surface area (Å²) < 4.78 is 13.0. The number of anilines is 2. The lowest BCUT2D eigenvalue weighted by atomic mass is 9.97. The number of nitrogens with one attached hydrogen (secondary N) is 2. The van der Waals surface area contributed by atoms with Gasteiger partial charge in [0.15, 0.2) is 0 Å². The monoisotopic (exact) mass is 412 g/mol. The molecule has 0 saturated carbocycles. The number of piperidine rings is 1. The van der Waals surface area contributed by atoms with E-state index in [2.05, 4.69) is 10.6 Å². The largest absolute Gasteiger partial charge is 0.336 e. The van der Waals surface area contributed by atoms with Crippen LogP contribution < -0.4 is 10.6 Å². The number of hydrogen-bond acceptors (Lipinski definition) is 3. The van der Waals surface area contributed by atoms with E-state index in [9.17, 15) is 18.8 Å². The number of rotatable bonds is 5. The Morgan fingerprint density at radius 2 is 1.70 bits per heavy atom. The van der Waals surface area contributed by atoms with Crippen LogP contribution in [0.2, 0.25) is 0 Å². The van der Waals surface area contributed by atoms with Gasteiger partial charge in [-0.1, -0.05) is 18.2 Å². The van der Waals surface area contributed by atoms with Gasteiger partial charge >= 0.3 is 6.03 Å². The molecule has 1 aliphatic heterocycles. The molecule has 4 amide bonds. The van der Waals surface area contributed by atoms with Crippen LogP contribution in [0.4, 0.5) is 20.6 Å². The van der Waals surface area contributed by atoms with E-state index in [0.29, 0.717) is 37.3 Å². The third-order valence-electron chi connectivity index (χ3n) is 4.97. The molecular formula is C22H25FN4O3. The molecule has 0 unspecified atom stereocenters. The summed E-state index contributed by atoms with van der Waals surface area (Å²) in [6, 6.07) is 14.3. The minimum Gasteiger partial charge on any atom is -0.336 e. The zero-order chi connectivity index (χ0) is 21.5. The highest BCUT2D eigenvalue weighted by Crippen LogP contribution is 2.20. The number of hydrogen-bond donors (Lipinski definition) is 2. The lowest BCUT2D eigenvalue weighted by Crippen LogP contribution is -2.48. The van der Waals surface area contributed by atoms with E-state index >= 15 is 0 Å². The highest BCUT2D eigenvalue weighted by Gasteiger charge is 2.30. The van der Waals surface area contributed by atoms with Crippen LogP contribution in [0.3, 0.4) is 0 Å². The quantitative estimate of drug-likeness (QED) is 0.792. The van der Waals surface area contributed by atoms with Crippen molar-refractivity contribution in [2.75, 3.05) is 37.3 Å². The van der Waals surface area contributed by atoms with E-state index in [1.54, 1.807) is 24.1 Å². The number of amides is 4. The Labute approximate surface area is 174 Å². The van der Waals surface area contributed by atoms with Crippen LogP contribution in [0, 0.1) is 11.7 Å². The molecule has 0 spiro atoms. The molecule has 1 atom stereocenters. The summed E-state index contributed by atoms with van der Waals surface area (Å²) in [5.74, 6) is -1.30. The fourth-order valence-corrected chi connectivity index (χ4v) is 3.43. The highest BCUT2D eigenvalue weighted by molar-refractivity contribution is 5.95. The summed E-state index contributed by atoms with van der Waals surface area (Å²) in [4.78, 5) is 40.5. The van der Waals surface area contributed by atoms with E-state index in [-0.39, 0.29) is 30.3 Å². The van der Waals surface area contributed by atoms with Gasteiger partial charge in [-0.3, -0.25) is 9.59 Å². The van der Waals surface area contributed by atoms with Crippen molar-refractivity contribution in [1.82, 2.24) is 9.80 Å². The Hall–Kier alpha value is -3.42. The third kappa shape index (κ3) is 5.79. The molecule has 1 fully saturated rings. The molecule has 8 heteroatoms. The van der Waals surface area contributed by atoms with Gasteiger partial charge in [-0.05, 0) is 49.2 Å². The minimum atomic E-state index is -0.390. The molecular weight excluding hydrogens is 387 g/mol. The molecule has 1 aliphatic rings. The fourth-order valence-electron chi connectivity index (χ4n) is 3.43. The van der Waals surface area contributed by atoms with Gasteiger partial charge in [0.25, 0.3) is 0 Å². The molecule has 2 aromatic carbocycles. The minimum absolute atomic E-state index is 0.122. The first kappa shape index (κ1) is 21.3. The van der Waals surface area contributed by atoms with Crippen molar-refractivity contribution in [2.24, 2.45) is 5.92 Å². The predicted octanol–water partition coefficient (Wildman–Crippen LogP) is 3.17. The number of urea groups is 1. The number of para-hydroxylation sites is 1. The Kier molecular flexibility index (Phi) is 7.00. The summed E-state index contributed by atoms with van der Waals surface area (Å²) in [6.07, 6.45) is 1.38. The normalized spacial score (nSPS) is 15.9. The van der Waals surface area contributed by atoms with E-state index in [1.807, 2.05) is 18.2 Å². The van der Waals surface area contributed by atoms with Gasteiger partial charge in [-0.25, -0.2) is 9.18 Å². The molecule has 3 rings (SSSR count). The molecule has 30 heavy (non-hydrogen) atoms. The van der Waals surface area contributed by atoms with Gasteiger partial charge in [0.2, 0.25) is 11.8 Å². The Morgan fingerprint density at radius 1 is 1.03 bits per heavy atom. The zero-order valence-electron chi connectivity index (χ0n) is 16.8. The summed E-state index contributed by atoms with van der Waals surface area (Å²) in [6.45, 7) is 0.765. The number of benzene rings is 2. The average molecular weight is 412 g/mol. The molecule has 1 saturated heterocycles. The van der Waals surface area contributed by atoms with E-state index in [4.69, 9.17) is 0 Å². The van der Waals surface area contributed by atoms with Crippen LogP contribution in [0.15, 0.2) is 54.6 Å². The fraction of sp³-hybridized carbons (Fsp3) is 0.318. The molecule has 0 bridgehead atoms. The average Bonchev–Trinajstić information content (AvgIpc) is 2.75. The van der Waals surface area contributed by atoms with Crippen molar-refractivity contribution >= 4 is 29.2 Å². The first-order valence-electron chi connectivity index (χ1n) is 9.84. The molecule has 2 N–H and O–H groups in total. The van der Waals surface area contributed by atoms with Gasteiger partial charge < -0.3 is 20.4 Å². The number of nitrogens with zero attached hydrogens (tertiary/aromatic N) is 2. The van der Waals surface area contributed by atoms with Gasteiger partial charge in [0.05, 0.1) is 12.5 Å². The maximum atomic E-state index is 13.0. The van der Waals surface area contributed by atoms with E-state index < -0.39 is 5.82 Å². The third-order valence-corrected chi connectivity index (χ3v) is 4.97. The van der Waals surface area contributed by atoms with E-state index in [1.165, 1.54) is 29.2 Å². The predicted molar refractivity (Wildman–Crippen MR) is 112 cm³/mol. The van der Waals surface area contributed by atoms with Gasteiger partial charge in [-0.15, -0.1) is 0 Å². The Balaban J connectivity index is 1.51. The van der Waals surface area contributed by atoms with Crippen LogP contribution in [0.5, 0.6) is 0 Å². The molecule has 7 nitrogen and oxygen atoms in total. The standard InChI is InChI=1S/C22H25FN4O3/c1-26(15-20(28)24-19-11-9-17(23)10-12-19)21(29)16-6-5-13-27(14-16)22(30)25-18-7-3-2-4-8-18/h2-4,7-12,16H,5-6,13-15H2,1H3,(H,24,28)(H,25,30)/t16-/m0/s1. The van der Waals surface area contributed by atoms with Crippen molar-refractivity contribution in [3.05, 3.63) is 60.4 Å². The van der Waals surface area contributed by atoms with Crippen LogP contribution >= 0.6 is 0 Å². The second-order valence-corrected chi connectivity index (χ2v) is 7.33. The number of likely N-dealkylation sites (tertiary alicyclic amines) is 1. The lowest BCUT2D eigenvalue weighted by molar-refractivity contribution is -0.138. The van der Waals surface area contributed by atoms with Crippen molar-refractivity contribution in [2.45, 2.75) is 12.8 Å². The SMILES string of the molecule is CN(CC(=O)Nc1ccc(F)cc1)C(=O)[C@H]1CCCN(C(=O)Nc2ccccc2)C1. The molecule has 2 aromatic rings. The van der Waals surface area contributed by atoms with Crippen molar-refractivity contribution in [1.29, 1.82) is 0 Å². The number of carbonyl (C=O) groups is 3. The molecule has 0 aliphatic carbocycles. The molecule has 158 valence electrons. The smallest absolute Gasteiger partial charge is 0.321 e. The zero-order valence-corrected chi connectivity index (χ0v) is 16.8. The van der Waals surface area contributed by atoms with Gasteiger partial charge in [0, 0.05) is 31.5 Å². The topological polar surface area (TPSA) is 81.8 Å². The van der Waals surface area contributed by atoms with Crippen molar-refractivity contribution in [3.63, 3.8) is 0 Å². The lowest BCUT2D eigenvalue weighted by Gasteiger charge is -2.33. The highest BCUT2D eigenvalue weighted by atomic mass is 19.1. The van der Waals surface area contributed by atoms with Gasteiger partial charge in [-0.2, -0.15) is 0 Å². The van der Waals surface area contributed by atoms with Crippen LogP contribution in [0.1, 0.15) is 12.8 Å². The number of likely N-dealkylation sites (N-methyl/N-ethyl adjacent to an activating group) is 1. The maximum absolute atomic E-state index is 13.0. The van der Waals surface area contributed by atoms with Crippen molar-refractivity contribution < 1.29 is 18.8 Å². The summed E-state index contributed by atoms with van der Waals surface area (Å²) in [5, 5.41) is 5.47. The summed E-state index contributed by atoms with van der Waals surface area (Å²) in [5.41, 5.74) is 1.16. The van der Waals surface area contributed by atoms with Crippen LogP contribution in [0.25, 0.3) is 0 Å². The second kappa shape index (κ2) is 9.87. The first-order valence-corrected chi connectivity index (χ1v) is 9.84. The first-order chi connectivity index (χ1) is 14.4. The van der Waals surface area contributed by atoms with Crippen LogP contribution in [-0.2, 0) is 9.59 Å². The summed E-state index contributed by atoms with van der Waals surface area (Å²) >= 11 is 0. The summed E-state index contributed by atoms with van der Waals surface area (Å²) in [7, 11) is 1.57. The molecule has 0 radical (unpaired) electrons. The maximum Gasteiger partial charge on any atom is 0.321 e. The number of carbonyl (C=O) groups excluding carboxylic acids is 3. The number of halogens is 1. The second-order valence-electron chi connectivity index (χ2n) is 7.33. The molecule has 1 heterocycles. The van der Waals surface area contributed by atoms with E-state index in [0.717, 1.165) is 0 Å². The molecule has 0 aromatic heterocycles. The Morgan fingerprint density at radius 3 is 2.40 bits per heavy atom. The van der Waals surface area contributed by atoms with Crippen molar-refractivity contribution in [3.8, 4) is 0 Å².